The Bertz CT molecular complexity index is 558. The minimum atomic E-state index is -0.0393. The van der Waals surface area contributed by atoms with Crippen LogP contribution in [0.25, 0.3) is 0 Å². The Hall–Kier alpha value is -1.66. The SMILES string of the molecule is C[C@@H]1OCCC[C@H]1C(=O)NCc1cccnc1N1CCN(C)CC1. The van der Waals surface area contributed by atoms with Gasteiger partial charge in [0.1, 0.15) is 5.82 Å². The van der Waals surface area contributed by atoms with Gasteiger partial charge in [-0.2, -0.15) is 0 Å². The third-order valence-corrected chi connectivity index (χ3v) is 5.07. The van der Waals surface area contributed by atoms with E-state index in [1.165, 1.54) is 0 Å². The third kappa shape index (κ3) is 4.05. The highest BCUT2D eigenvalue weighted by molar-refractivity contribution is 5.79. The van der Waals surface area contributed by atoms with Gasteiger partial charge in [-0.15, -0.1) is 0 Å². The van der Waals surface area contributed by atoms with Crippen LogP contribution in [0.3, 0.4) is 0 Å². The molecule has 132 valence electrons. The molecule has 3 heterocycles. The number of likely N-dealkylation sites (N-methyl/N-ethyl adjacent to an activating group) is 1. The Labute approximate surface area is 144 Å². The molecule has 0 radical (unpaired) electrons. The fourth-order valence-electron chi connectivity index (χ4n) is 3.45. The molecule has 2 aliphatic rings. The van der Waals surface area contributed by atoms with Crippen molar-refractivity contribution in [1.29, 1.82) is 0 Å². The van der Waals surface area contributed by atoms with Crippen LogP contribution >= 0.6 is 0 Å². The maximum atomic E-state index is 12.5. The summed E-state index contributed by atoms with van der Waals surface area (Å²) in [5.41, 5.74) is 1.08. The van der Waals surface area contributed by atoms with Crippen molar-refractivity contribution in [2.75, 3.05) is 44.7 Å². The van der Waals surface area contributed by atoms with Gasteiger partial charge in [0.15, 0.2) is 0 Å². The normalized spacial score (nSPS) is 25.5. The number of nitrogens with one attached hydrogen (secondary N) is 1. The van der Waals surface area contributed by atoms with Gasteiger partial charge in [-0.1, -0.05) is 6.07 Å². The standard InChI is InChI=1S/C18H28N4O2/c1-14-16(6-4-12-24-14)18(23)20-13-15-5-3-7-19-17(15)22-10-8-21(2)9-11-22/h3,5,7,14,16H,4,6,8-13H2,1-2H3,(H,20,23)/t14-,16+/m0/s1. The number of anilines is 1. The molecule has 1 aromatic heterocycles. The molecule has 0 aliphatic carbocycles. The average molecular weight is 332 g/mol. The topological polar surface area (TPSA) is 57.7 Å². The Balaban J connectivity index is 1.62. The van der Waals surface area contributed by atoms with Gasteiger partial charge in [0.2, 0.25) is 5.91 Å². The number of nitrogens with zero attached hydrogens (tertiary/aromatic N) is 3. The summed E-state index contributed by atoms with van der Waals surface area (Å²) in [7, 11) is 2.14. The van der Waals surface area contributed by atoms with E-state index in [1.54, 1.807) is 0 Å². The quantitative estimate of drug-likeness (QED) is 0.900. The molecule has 2 aliphatic heterocycles. The lowest BCUT2D eigenvalue weighted by Crippen LogP contribution is -2.45. The highest BCUT2D eigenvalue weighted by Crippen LogP contribution is 2.22. The Morgan fingerprint density at radius 2 is 2.17 bits per heavy atom. The van der Waals surface area contributed by atoms with Gasteiger partial charge in [0.05, 0.1) is 12.0 Å². The molecule has 2 saturated heterocycles. The fourth-order valence-corrected chi connectivity index (χ4v) is 3.45. The van der Waals surface area contributed by atoms with Crippen LogP contribution < -0.4 is 10.2 Å². The van der Waals surface area contributed by atoms with E-state index in [-0.39, 0.29) is 17.9 Å². The molecule has 3 rings (SSSR count). The molecule has 24 heavy (non-hydrogen) atoms. The number of amides is 1. The van der Waals surface area contributed by atoms with E-state index in [0.29, 0.717) is 6.54 Å². The van der Waals surface area contributed by atoms with Crippen LogP contribution in [0.2, 0.25) is 0 Å². The van der Waals surface area contributed by atoms with Gasteiger partial charge < -0.3 is 19.9 Å². The summed E-state index contributed by atoms with van der Waals surface area (Å²) in [5.74, 6) is 1.05. The zero-order valence-corrected chi connectivity index (χ0v) is 14.7. The second kappa shape index (κ2) is 7.94. The summed E-state index contributed by atoms with van der Waals surface area (Å²) in [4.78, 5) is 21.7. The van der Waals surface area contributed by atoms with Gasteiger partial charge in [-0.05, 0) is 32.9 Å². The summed E-state index contributed by atoms with van der Waals surface area (Å²) in [5, 5.41) is 3.09. The van der Waals surface area contributed by atoms with E-state index < -0.39 is 0 Å². The van der Waals surface area contributed by atoms with E-state index in [1.807, 2.05) is 19.2 Å². The minimum Gasteiger partial charge on any atom is -0.378 e. The molecule has 6 nitrogen and oxygen atoms in total. The van der Waals surface area contributed by atoms with Crippen molar-refractivity contribution in [2.45, 2.75) is 32.4 Å². The number of piperazine rings is 1. The van der Waals surface area contributed by atoms with Crippen LogP contribution in [0.15, 0.2) is 18.3 Å². The molecule has 0 saturated carbocycles. The number of aromatic nitrogens is 1. The number of rotatable bonds is 4. The predicted octanol–water partition coefficient (Wildman–Crippen LogP) is 1.26. The minimum absolute atomic E-state index is 0.00440. The van der Waals surface area contributed by atoms with Crippen LogP contribution in [0.4, 0.5) is 5.82 Å². The lowest BCUT2D eigenvalue weighted by Gasteiger charge is -2.34. The molecular formula is C18H28N4O2. The van der Waals surface area contributed by atoms with Crippen LogP contribution in [-0.4, -0.2) is 61.7 Å². The number of hydrogen-bond acceptors (Lipinski definition) is 5. The van der Waals surface area contributed by atoms with Crippen LogP contribution in [-0.2, 0) is 16.1 Å². The first-order valence-corrected chi connectivity index (χ1v) is 8.92. The Kier molecular flexibility index (Phi) is 5.68. The lowest BCUT2D eigenvalue weighted by molar-refractivity contribution is -0.133. The van der Waals surface area contributed by atoms with Crippen LogP contribution in [0.1, 0.15) is 25.3 Å². The lowest BCUT2D eigenvalue weighted by atomic mass is 9.94. The zero-order chi connectivity index (χ0) is 16.9. The zero-order valence-electron chi connectivity index (χ0n) is 14.7. The number of pyridine rings is 1. The summed E-state index contributed by atoms with van der Waals surface area (Å²) in [6.45, 7) is 7.31. The predicted molar refractivity (Wildman–Crippen MR) is 93.9 cm³/mol. The summed E-state index contributed by atoms with van der Waals surface area (Å²) in [6, 6.07) is 4.00. The van der Waals surface area contributed by atoms with E-state index in [9.17, 15) is 4.79 Å². The number of ether oxygens (including phenoxy) is 1. The van der Waals surface area contributed by atoms with Gasteiger partial charge in [0, 0.05) is 51.1 Å². The maximum absolute atomic E-state index is 12.5. The molecule has 0 aromatic carbocycles. The van der Waals surface area contributed by atoms with Crippen molar-refractivity contribution in [2.24, 2.45) is 5.92 Å². The van der Waals surface area contributed by atoms with E-state index in [0.717, 1.165) is 57.0 Å². The number of hydrogen-bond donors (Lipinski definition) is 1. The smallest absolute Gasteiger partial charge is 0.225 e. The molecule has 1 amide bonds. The molecular weight excluding hydrogens is 304 g/mol. The largest absolute Gasteiger partial charge is 0.378 e. The van der Waals surface area contributed by atoms with Crippen molar-refractivity contribution in [3.63, 3.8) is 0 Å². The van der Waals surface area contributed by atoms with Crippen molar-refractivity contribution in [1.82, 2.24) is 15.2 Å². The molecule has 0 spiro atoms. The van der Waals surface area contributed by atoms with Crippen LogP contribution in [0.5, 0.6) is 0 Å². The van der Waals surface area contributed by atoms with Crippen molar-refractivity contribution >= 4 is 11.7 Å². The molecule has 1 N–H and O–H groups in total. The average Bonchev–Trinajstić information content (AvgIpc) is 2.61. The second-order valence-electron chi connectivity index (χ2n) is 6.82. The fraction of sp³-hybridized carbons (Fsp3) is 0.667. The second-order valence-corrected chi connectivity index (χ2v) is 6.82. The molecule has 6 heteroatoms. The number of carbonyl (C=O) groups excluding carboxylic acids is 1. The van der Waals surface area contributed by atoms with E-state index >= 15 is 0 Å². The van der Waals surface area contributed by atoms with Crippen LogP contribution in [0, 0.1) is 5.92 Å². The molecule has 2 fully saturated rings. The monoisotopic (exact) mass is 332 g/mol. The van der Waals surface area contributed by atoms with E-state index in [4.69, 9.17) is 4.74 Å². The van der Waals surface area contributed by atoms with Gasteiger partial charge in [0.25, 0.3) is 0 Å². The Morgan fingerprint density at radius 3 is 2.92 bits per heavy atom. The first-order valence-electron chi connectivity index (χ1n) is 8.92. The van der Waals surface area contributed by atoms with Crippen molar-refractivity contribution in [3.05, 3.63) is 23.9 Å². The highest BCUT2D eigenvalue weighted by Gasteiger charge is 2.28. The maximum Gasteiger partial charge on any atom is 0.225 e. The third-order valence-electron chi connectivity index (χ3n) is 5.07. The Morgan fingerprint density at radius 1 is 1.38 bits per heavy atom. The molecule has 0 bridgehead atoms. The summed E-state index contributed by atoms with van der Waals surface area (Å²) in [6.07, 6.45) is 3.70. The van der Waals surface area contributed by atoms with Gasteiger partial charge in [-0.25, -0.2) is 4.98 Å². The summed E-state index contributed by atoms with van der Waals surface area (Å²) < 4.78 is 5.61. The van der Waals surface area contributed by atoms with Crippen molar-refractivity contribution in [3.8, 4) is 0 Å². The summed E-state index contributed by atoms with van der Waals surface area (Å²) >= 11 is 0. The highest BCUT2D eigenvalue weighted by atomic mass is 16.5. The van der Waals surface area contributed by atoms with Gasteiger partial charge >= 0.3 is 0 Å². The first-order chi connectivity index (χ1) is 11.6. The van der Waals surface area contributed by atoms with Gasteiger partial charge in [-0.3, -0.25) is 4.79 Å². The molecule has 1 aromatic rings. The molecule has 0 unspecified atom stereocenters. The van der Waals surface area contributed by atoms with E-state index in [2.05, 4.69) is 33.2 Å². The number of carbonyl (C=O) groups is 1. The molecule has 2 atom stereocenters. The first kappa shape index (κ1) is 17.2. The van der Waals surface area contributed by atoms with Crippen molar-refractivity contribution < 1.29 is 9.53 Å².